The normalized spacial score (nSPS) is 11.1. The summed E-state index contributed by atoms with van der Waals surface area (Å²) in [5.41, 5.74) is 0.866. The standard InChI is InChI=1S/C9H10BrNO3S/c1-15(13,14)11-8-4-2-3-7(5-8)9(12)6-10/h2-5,11H,6H2,1H3. The van der Waals surface area contributed by atoms with E-state index in [9.17, 15) is 13.2 Å². The molecule has 0 unspecified atom stereocenters. The van der Waals surface area contributed by atoms with Crippen LogP contribution < -0.4 is 4.72 Å². The molecule has 0 bridgehead atoms. The quantitative estimate of drug-likeness (QED) is 0.677. The van der Waals surface area contributed by atoms with Crippen molar-refractivity contribution in [3.63, 3.8) is 0 Å². The second-order valence-electron chi connectivity index (χ2n) is 3.01. The van der Waals surface area contributed by atoms with Crippen molar-refractivity contribution in [3.05, 3.63) is 29.8 Å². The molecule has 6 heteroatoms. The maximum absolute atomic E-state index is 11.3. The van der Waals surface area contributed by atoms with Crippen molar-refractivity contribution in [2.45, 2.75) is 0 Å². The first-order valence-electron chi connectivity index (χ1n) is 4.09. The molecule has 0 saturated heterocycles. The Hall–Kier alpha value is -0.880. The number of nitrogens with one attached hydrogen (secondary N) is 1. The van der Waals surface area contributed by atoms with Gasteiger partial charge in [0.25, 0.3) is 0 Å². The monoisotopic (exact) mass is 291 g/mol. The number of anilines is 1. The fourth-order valence-corrected chi connectivity index (χ4v) is 1.93. The molecular weight excluding hydrogens is 282 g/mol. The van der Waals surface area contributed by atoms with Crippen LogP contribution in [0.25, 0.3) is 0 Å². The lowest BCUT2D eigenvalue weighted by Crippen LogP contribution is -2.10. The van der Waals surface area contributed by atoms with Crippen molar-refractivity contribution in [3.8, 4) is 0 Å². The summed E-state index contributed by atoms with van der Waals surface area (Å²) < 4.78 is 24.2. The van der Waals surface area contributed by atoms with Crippen LogP contribution in [-0.2, 0) is 10.0 Å². The number of carbonyl (C=O) groups is 1. The third kappa shape index (κ3) is 4.01. The summed E-state index contributed by atoms with van der Waals surface area (Å²) in [6.45, 7) is 0. The lowest BCUT2D eigenvalue weighted by molar-refractivity contribution is 0.102. The number of Topliss-reactive ketones (excluding diaryl/α,β-unsaturated/α-hetero) is 1. The SMILES string of the molecule is CS(=O)(=O)Nc1cccc(C(=O)CBr)c1. The zero-order valence-corrected chi connectivity index (χ0v) is 10.4. The third-order valence-corrected chi connectivity index (χ3v) is 2.72. The largest absolute Gasteiger partial charge is 0.293 e. The van der Waals surface area contributed by atoms with E-state index in [1.165, 1.54) is 6.07 Å². The molecule has 0 fully saturated rings. The van der Waals surface area contributed by atoms with Gasteiger partial charge in [-0.25, -0.2) is 8.42 Å². The van der Waals surface area contributed by atoms with E-state index in [1.807, 2.05) is 0 Å². The summed E-state index contributed by atoms with van der Waals surface area (Å²) >= 11 is 3.05. The minimum atomic E-state index is -3.30. The lowest BCUT2D eigenvalue weighted by Gasteiger charge is -2.04. The van der Waals surface area contributed by atoms with E-state index in [0.29, 0.717) is 11.3 Å². The number of hydrogen-bond acceptors (Lipinski definition) is 3. The van der Waals surface area contributed by atoms with Gasteiger partial charge < -0.3 is 0 Å². The Kier molecular flexibility index (Phi) is 3.87. The van der Waals surface area contributed by atoms with E-state index in [-0.39, 0.29) is 11.1 Å². The van der Waals surface area contributed by atoms with E-state index >= 15 is 0 Å². The van der Waals surface area contributed by atoms with Crippen LogP contribution in [0, 0.1) is 0 Å². The molecule has 1 aromatic rings. The van der Waals surface area contributed by atoms with Gasteiger partial charge in [0.1, 0.15) is 0 Å². The molecule has 0 aliphatic rings. The fraction of sp³-hybridized carbons (Fsp3) is 0.222. The lowest BCUT2D eigenvalue weighted by atomic mass is 10.1. The number of ketones is 1. The van der Waals surface area contributed by atoms with Gasteiger partial charge in [-0.15, -0.1) is 0 Å². The Morgan fingerprint density at radius 2 is 2.13 bits per heavy atom. The second-order valence-corrected chi connectivity index (χ2v) is 5.32. The smallest absolute Gasteiger partial charge is 0.229 e. The van der Waals surface area contributed by atoms with Gasteiger partial charge in [0.15, 0.2) is 5.78 Å². The van der Waals surface area contributed by atoms with Crippen molar-refractivity contribution in [1.29, 1.82) is 0 Å². The van der Waals surface area contributed by atoms with Gasteiger partial charge in [-0.2, -0.15) is 0 Å². The van der Waals surface area contributed by atoms with Crippen molar-refractivity contribution in [2.24, 2.45) is 0 Å². The van der Waals surface area contributed by atoms with Gasteiger partial charge in [-0.3, -0.25) is 9.52 Å². The molecule has 0 aliphatic carbocycles. The highest BCUT2D eigenvalue weighted by Gasteiger charge is 2.06. The summed E-state index contributed by atoms with van der Waals surface area (Å²) in [5.74, 6) is -0.0906. The van der Waals surface area contributed by atoms with Crippen molar-refractivity contribution < 1.29 is 13.2 Å². The molecule has 4 nitrogen and oxygen atoms in total. The Bertz CT molecular complexity index is 470. The molecule has 0 amide bonds. The molecule has 1 aromatic carbocycles. The van der Waals surface area contributed by atoms with E-state index in [2.05, 4.69) is 20.7 Å². The first-order valence-corrected chi connectivity index (χ1v) is 7.10. The van der Waals surface area contributed by atoms with Gasteiger partial charge in [-0.1, -0.05) is 28.1 Å². The van der Waals surface area contributed by atoms with Gasteiger partial charge in [-0.05, 0) is 12.1 Å². The summed E-state index contributed by atoms with van der Waals surface area (Å²) in [6, 6.07) is 6.36. The van der Waals surface area contributed by atoms with Crippen LogP contribution in [0.3, 0.4) is 0 Å². The zero-order valence-electron chi connectivity index (χ0n) is 8.03. The highest BCUT2D eigenvalue weighted by molar-refractivity contribution is 9.09. The maximum atomic E-state index is 11.3. The number of sulfonamides is 1. The first kappa shape index (κ1) is 12.2. The number of rotatable bonds is 4. The molecule has 0 aliphatic heterocycles. The molecule has 0 spiro atoms. The Labute approximate surface area is 96.9 Å². The van der Waals surface area contributed by atoms with E-state index in [1.54, 1.807) is 18.2 Å². The minimum Gasteiger partial charge on any atom is -0.293 e. The highest BCUT2D eigenvalue weighted by Crippen LogP contribution is 2.13. The van der Waals surface area contributed by atoms with Crippen LogP contribution in [0.15, 0.2) is 24.3 Å². The molecule has 1 rings (SSSR count). The molecule has 15 heavy (non-hydrogen) atoms. The minimum absolute atomic E-state index is 0.0906. The maximum Gasteiger partial charge on any atom is 0.229 e. The average Bonchev–Trinajstić information content (AvgIpc) is 2.14. The predicted molar refractivity (Wildman–Crippen MR) is 63.0 cm³/mol. The Balaban J connectivity index is 2.98. The topological polar surface area (TPSA) is 63.2 Å². The van der Waals surface area contributed by atoms with E-state index in [4.69, 9.17) is 0 Å². The summed E-state index contributed by atoms with van der Waals surface area (Å²) in [4.78, 5) is 11.3. The Morgan fingerprint density at radius 3 is 2.67 bits per heavy atom. The molecular formula is C9H10BrNO3S. The molecule has 0 aromatic heterocycles. The molecule has 0 atom stereocenters. The van der Waals surface area contributed by atoms with Crippen LogP contribution in [0.1, 0.15) is 10.4 Å². The van der Waals surface area contributed by atoms with Gasteiger partial charge in [0.05, 0.1) is 11.6 Å². The highest BCUT2D eigenvalue weighted by atomic mass is 79.9. The molecule has 0 saturated carbocycles. The van der Waals surface area contributed by atoms with Crippen molar-refractivity contribution in [1.82, 2.24) is 0 Å². The van der Waals surface area contributed by atoms with E-state index in [0.717, 1.165) is 6.26 Å². The van der Waals surface area contributed by atoms with Gasteiger partial charge in [0.2, 0.25) is 10.0 Å². The van der Waals surface area contributed by atoms with Crippen LogP contribution in [0.5, 0.6) is 0 Å². The second kappa shape index (κ2) is 4.76. The van der Waals surface area contributed by atoms with Crippen LogP contribution >= 0.6 is 15.9 Å². The average molecular weight is 292 g/mol. The summed E-state index contributed by atoms with van der Waals surface area (Å²) in [5, 5.41) is 0.218. The summed E-state index contributed by atoms with van der Waals surface area (Å²) in [7, 11) is -3.30. The predicted octanol–water partition coefficient (Wildman–Crippen LogP) is 1.64. The van der Waals surface area contributed by atoms with Crippen LogP contribution in [0.2, 0.25) is 0 Å². The third-order valence-electron chi connectivity index (χ3n) is 1.61. The molecule has 0 radical (unpaired) electrons. The molecule has 0 heterocycles. The molecule has 1 N–H and O–H groups in total. The fourth-order valence-electron chi connectivity index (χ4n) is 1.05. The number of carbonyl (C=O) groups excluding carboxylic acids is 1. The number of hydrogen-bond donors (Lipinski definition) is 1. The Morgan fingerprint density at radius 1 is 1.47 bits per heavy atom. The first-order chi connectivity index (χ1) is 6.92. The van der Waals surface area contributed by atoms with E-state index < -0.39 is 10.0 Å². The van der Waals surface area contributed by atoms with Crippen molar-refractivity contribution in [2.75, 3.05) is 16.3 Å². The number of benzene rings is 1. The number of alkyl halides is 1. The number of halogens is 1. The van der Waals surface area contributed by atoms with Gasteiger partial charge in [0, 0.05) is 11.3 Å². The zero-order chi connectivity index (χ0) is 11.5. The summed E-state index contributed by atoms with van der Waals surface area (Å²) in [6.07, 6.45) is 1.06. The molecule has 82 valence electrons. The van der Waals surface area contributed by atoms with Crippen LogP contribution in [-0.4, -0.2) is 25.8 Å². The van der Waals surface area contributed by atoms with Crippen molar-refractivity contribution >= 4 is 37.4 Å². The van der Waals surface area contributed by atoms with Crippen LogP contribution in [0.4, 0.5) is 5.69 Å². The van der Waals surface area contributed by atoms with Gasteiger partial charge >= 0.3 is 0 Å².